The number of hydrogen-bond acceptors (Lipinski definition) is 1. The van der Waals surface area contributed by atoms with E-state index in [2.05, 4.69) is 9.38 Å². The summed E-state index contributed by atoms with van der Waals surface area (Å²) in [6, 6.07) is 3.84. The standard InChI is InChI=1S/C10H9ClN2/c11-8-2-1-5-13-9(7-3-4-7)6-12-10(8)13/h1-2,5-7H,3-4H2. The maximum atomic E-state index is 6.01. The van der Waals surface area contributed by atoms with Gasteiger partial charge in [-0.1, -0.05) is 11.6 Å². The summed E-state index contributed by atoms with van der Waals surface area (Å²) in [5.41, 5.74) is 2.18. The largest absolute Gasteiger partial charge is 0.303 e. The maximum Gasteiger partial charge on any atom is 0.155 e. The second kappa shape index (κ2) is 2.48. The molecule has 1 aliphatic rings. The Morgan fingerprint density at radius 3 is 3.08 bits per heavy atom. The van der Waals surface area contributed by atoms with Crippen molar-refractivity contribution >= 4 is 17.2 Å². The first-order valence-electron chi connectivity index (χ1n) is 4.48. The van der Waals surface area contributed by atoms with Gasteiger partial charge >= 0.3 is 0 Å². The van der Waals surface area contributed by atoms with E-state index in [1.54, 1.807) is 0 Å². The molecule has 1 aliphatic carbocycles. The molecule has 1 saturated carbocycles. The van der Waals surface area contributed by atoms with Gasteiger partial charge in [-0.3, -0.25) is 0 Å². The molecule has 0 unspecified atom stereocenters. The third-order valence-corrected chi connectivity index (χ3v) is 2.81. The molecule has 0 saturated heterocycles. The van der Waals surface area contributed by atoms with Crippen molar-refractivity contribution in [1.29, 1.82) is 0 Å². The van der Waals surface area contributed by atoms with Crippen LogP contribution in [0.15, 0.2) is 24.5 Å². The number of halogens is 1. The highest BCUT2D eigenvalue weighted by atomic mass is 35.5. The molecule has 3 rings (SSSR count). The number of hydrogen-bond donors (Lipinski definition) is 0. The van der Waals surface area contributed by atoms with Gasteiger partial charge in [0.2, 0.25) is 0 Å². The molecule has 0 radical (unpaired) electrons. The number of aromatic nitrogens is 2. The number of pyridine rings is 1. The Kier molecular flexibility index (Phi) is 1.41. The average molecular weight is 193 g/mol. The van der Waals surface area contributed by atoms with Gasteiger partial charge in [-0.15, -0.1) is 0 Å². The van der Waals surface area contributed by atoms with Crippen LogP contribution in [0.5, 0.6) is 0 Å². The van der Waals surface area contributed by atoms with Crippen molar-refractivity contribution in [3.05, 3.63) is 35.2 Å². The molecule has 0 aromatic carbocycles. The summed E-state index contributed by atoms with van der Waals surface area (Å²) < 4.78 is 2.10. The lowest BCUT2D eigenvalue weighted by Gasteiger charge is -1.98. The third kappa shape index (κ3) is 1.05. The lowest BCUT2D eigenvalue weighted by atomic mass is 10.3. The zero-order valence-electron chi connectivity index (χ0n) is 7.07. The molecule has 0 N–H and O–H groups in total. The summed E-state index contributed by atoms with van der Waals surface area (Å²) in [5, 5.41) is 0.731. The molecular weight excluding hydrogens is 184 g/mol. The van der Waals surface area contributed by atoms with E-state index in [-0.39, 0.29) is 0 Å². The van der Waals surface area contributed by atoms with Crippen LogP contribution in [0.25, 0.3) is 5.65 Å². The molecule has 13 heavy (non-hydrogen) atoms. The highest BCUT2D eigenvalue weighted by Crippen LogP contribution is 2.40. The van der Waals surface area contributed by atoms with E-state index in [9.17, 15) is 0 Å². The molecule has 2 aromatic heterocycles. The van der Waals surface area contributed by atoms with Crippen molar-refractivity contribution in [2.45, 2.75) is 18.8 Å². The molecule has 2 nitrogen and oxygen atoms in total. The summed E-state index contributed by atoms with van der Waals surface area (Å²) in [5.74, 6) is 0.716. The van der Waals surface area contributed by atoms with E-state index in [4.69, 9.17) is 11.6 Å². The van der Waals surface area contributed by atoms with Crippen LogP contribution in [-0.2, 0) is 0 Å². The lowest BCUT2D eigenvalue weighted by Crippen LogP contribution is -1.89. The Morgan fingerprint density at radius 2 is 2.31 bits per heavy atom. The normalized spacial score (nSPS) is 16.7. The van der Waals surface area contributed by atoms with Gasteiger partial charge in [0.05, 0.1) is 5.02 Å². The minimum absolute atomic E-state index is 0.716. The smallest absolute Gasteiger partial charge is 0.155 e. The number of fused-ring (bicyclic) bond motifs is 1. The average Bonchev–Trinajstić information content (AvgIpc) is 2.87. The van der Waals surface area contributed by atoms with E-state index < -0.39 is 0 Å². The topological polar surface area (TPSA) is 17.3 Å². The predicted octanol–water partition coefficient (Wildman–Crippen LogP) is 2.87. The molecule has 0 bridgehead atoms. The van der Waals surface area contributed by atoms with E-state index >= 15 is 0 Å². The van der Waals surface area contributed by atoms with Crippen LogP contribution in [0.3, 0.4) is 0 Å². The van der Waals surface area contributed by atoms with Crippen molar-refractivity contribution in [2.24, 2.45) is 0 Å². The predicted molar refractivity (Wildman–Crippen MR) is 52.2 cm³/mol. The highest BCUT2D eigenvalue weighted by molar-refractivity contribution is 6.33. The zero-order valence-corrected chi connectivity index (χ0v) is 7.83. The van der Waals surface area contributed by atoms with Crippen molar-refractivity contribution in [3.63, 3.8) is 0 Å². The molecule has 0 atom stereocenters. The minimum atomic E-state index is 0.716. The van der Waals surface area contributed by atoms with Gasteiger partial charge < -0.3 is 4.40 Å². The molecule has 0 spiro atoms. The molecule has 0 amide bonds. The van der Waals surface area contributed by atoms with Crippen molar-refractivity contribution < 1.29 is 0 Å². The summed E-state index contributed by atoms with van der Waals surface area (Å²) in [4.78, 5) is 4.31. The van der Waals surface area contributed by atoms with E-state index in [1.165, 1.54) is 18.5 Å². The first-order chi connectivity index (χ1) is 6.36. The Bertz CT molecular complexity index is 457. The van der Waals surface area contributed by atoms with Crippen LogP contribution < -0.4 is 0 Å². The molecule has 2 heterocycles. The van der Waals surface area contributed by atoms with Crippen LogP contribution >= 0.6 is 11.6 Å². The van der Waals surface area contributed by atoms with E-state index in [1.807, 2.05) is 24.5 Å². The lowest BCUT2D eigenvalue weighted by molar-refractivity contribution is 0.984. The molecular formula is C10H9ClN2. The van der Waals surface area contributed by atoms with E-state index in [0.717, 1.165) is 10.7 Å². The summed E-state index contributed by atoms with van der Waals surface area (Å²) in [6.07, 6.45) is 6.56. The molecule has 66 valence electrons. The van der Waals surface area contributed by atoms with E-state index in [0.29, 0.717) is 5.92 Å². The fourth-order valence-electron chi connectivity index (χ4n) is 1.68. The van der Waals surface area contributed by atoms with Gasteiger partial charge in [0.1, 0.15) is 0 Å². The first kappa shape index (κ1) is 7.39. The van der Waals surface area contributed by atoms with Crippen molar-refractivity contribution in [1.82, 2.24) is 9.38 Å². The summed E-state index contributed by atoms with van der Waals surface area (Å²) in [7, 11) is 0. The Labute approximate surface area is 81.2 Å². The fraction of sp³-hybridized carbons (Fsp3) is 0.300. The van der Waals surface area contributed by atoms with Crippen LogP contribution in [0.4, 0.5) is 0 Å². The van der Waals surface area contributed by atoms with Crippen molar-refractivity contribution in [2.75, 3.05) is 0 Å². The van der Waals surface area contributed by atoms with Gasteiger partial charge in [0, 0.05) is 24.0 Å². The second-order valence-electron chi connectivity index (χ2n) is 3.51. The SMILES string of the molecule is Clc1cccn2c(C3CC3)cnc12. The molecule has 0 aliphatic heterocycles. The zero-order chi connectivity index (χ0) is 8.84. The quantitative estimate of drug-likeness (QED) is 0.679. The van der Waals surface area contributed by atoms with Gasteiger partial charge in [0.15, 0.2) is 5.65 Å². The van der Waals surface area contributed by atoms with Crippen LogP contribution in [0.2, 0.25) is 5.02 Å². The summed E-state index contributed by atoms with van der Waals surface area (Å²) in [6.45, 7) is 0. The first-order valence-corrected chi connectivity index (χ1v) is 4.85. The summed E-state index contributed by atoms with van der Waals surface area (Å²) >= 11 is 6.01. The number of rotatable bonds is 1. The Hall–Kier alpha value is -1.02. The van der Waals surface area contributed by atoms with Gasteiger partial charge in [0.25, 0.3) is 0 Å². The monoisotopic (exact) mass is 192 g/mol. The molecule has 3 heteroatoms. The number of nitrogens with zero attached hydrogens (tertiary/aromatic N) is 2. The molecule has 2 aromatic rings. The Morgan fingerprint density at radius 1 is 1.46 bits per heavy atom. The Balaban J connectivity index is 2.32. The second-order valence-corrected chi connectivity index (χ2v) is 3.91. The van der Waals surface area contributed by atoms with Gasteiger partial charge in [-0.2, -0.15) is 0 Å². The van der Waals surface area contributed by atoms with Crippen LogP contribution in [0.1, 0.15) is 24.5 Å². The van der Waals surface area contributed by atoms with Gasteiger partial charge in [-0.25, -0.2) is 4.98 Å². The number of imidazole rings is 1. The maximum absolute atomic E-state index is 6.01. The van der Waals surface area contributed by atoms with Crippen molar-refractivity contribution in [3.8, 4) is 0 Å². The highest BCUT2D eigenvalue weighted by Gasteiger charge is 2.26. The fourth-order valence-corrected chi connectivity index (χ4v) is 1.89. The van der Waals surface area contributed by atoms with Crippen LogP contribution in [0, 0.1) is 0 Å². The third-order valence-electron chi connectivity index (χ3n) is 2.51. The minimum Gasteiger partial charge on any atom is -0.303 e. The van der Waals surface area contributed by atoms with Crippen LogP contribution in [-0.4, -0.2) is 9.38 Å². The molecule has 1 fully saturated rings. The van der Waals surface area contributed by atoms with Gasteiger partial charge in [-0.05, 0) is 25.0 Å².